The van der Waals surface area contributed by atoms with Gasteiger partial charge in [0, 0.05) is 43.2 Å². The number of rotatable bonds is 3. The number of carbonyl (C=O) groups excluding carboxylic acids is 1. The van der Waals surface area contributed by atoms with Gasteiger partial charge in [-0.3, -0.25) is 9.69 Å². The minimum absolute atomic E-state index is 0.164. The van der Waals surface area contributed by atoms with Crippen LogP contribution in [0.25, 0.3) is 0 Å². The van der Waals surface area contributed by atoms with Gasteiger partial charge in [0.2, 0.25) is 5.91 Å². The first kappa shape index (κ1) is 13.6. The highest BCUT2D eigenvalue weighted by molar-refractivity contribution is 6.31. The van der Waals surface area contributed by atoms with Crippen molar-refractivity contribution in [2.24, 2.45) is 5.92 Å². The van der Waals surface area contributed by atoms with Gasteiger partial charge in [0.25, 0.3) is 0 Å². The number of benzene rings is 1. The number of hydrogen-bond donors (Lipinski definition) is 0. The molecule has 0 N–H and O–H groups in total. The van der Waals surface area contributed by atoms with Gasteiger partial charge < -0.3 is 4.90 Å². The zero-order valence-electron chi connectivity index (χ0n) is 12.2. The van der Waals surface area contributed by atoms with E-state index in [9.17, 15) is 4.79 Å². The fourth-order valence-electron chi connectivity index (χ4n) is 3.57. The summed E-state index contributed by atoms with van der Waals surface area (Å²) in [5, 5.41) is 0.802. The van der Waals surface area contributed by atoms with Gasteiger partial charge in [-0.15, -0.1) is 0 Å². The summed E-state index contributed by atoms with van der Waals surface area (Å²) in [6.45, 7) is 3.92. The molecule has 4 heteroatoms. The third-order valence-electron chi connectivity index (χ3n) is 5.10. The molecule has 2 atom stereocenters. The maximum atomic E-state index is 12.6. The van der Waals surface area contributed by atoms with Crippen molar-refractivity contribution in [3.8, 4) is 0 Å². The lowest BCUT2D eigenvalue weighted by Crippen LogP contribution is -2.49. The van der Waals surface area contributed by atoms with Crippen molar-refractivity contribution in [1.29, 1.82) is 0 Å². The molecule has 4 rings (SSSR count). The van der Waals surface area contributed by atoms with E-state index < -0.39 is 0 Å². The molecule has 0 radical (unpaired) electrons. The second-order valence-electron chi connectivity index (χ2n) is 6.56. The summed E-state index contributed by atoms with van der Waals surface area (Å²) >= 11 is 6.24. The summed E-state index contributed by atoms with van der Waals surface area (Å²) in [4.78, 5) is 17.2. The average Bonchev–Trinajstić information content (AvgIpc) is 3.39. The monoisotopic (exact) mass is 304 g/mol. The van der Waals surface area contributed by atoms with Gasteiger partial charge in [-0.2, -0.15) is 0 Å². The summed E-state index contributed by atoms with van der Waals surface area (Å²) in [7, 11) is 0. The molecular formula is C17H21ClN2O. The summed E-state index contributed by atoms with van der Waals surface area (Å²) in [5.74, 6) is 0.848. The van der Waals surface area contributed by atoms with Gasteiger partial charge in [-0.1, -0.05) is 29.8 Å². The number of hydrogen-bond acceptors (Lipinski definition) is 2. The second-order valence-corrected chi connectivity index (χ2v) is 6.97. The highest BCUT2D eigenvalue weighted by atomic mass is 35.5. The van der Waals surface area contributed by atoms with Crippen molar-refractivity contribution in [2.75, 3.05) is 26.2 Å². The summed E-state index contributed by atoms with van der Waals surface area (Å²) in [6.07, 6.45) is 3.67. The number of nitrogens with zero attached hydrogens (tertiary/aromatic N) is 2. The van der Waals surface area contributed by atoms with Gasteiger partial charge in [0.15, 0.2) is 0 Å². The predicted molar refractivity (Wildman–Crippen MR) is 83.5 cm³/mol. The topological polar surface area (TPSA) is 23.6 Å². The van der Waals surface area contributed by atoms with Crippen LogP contribution in [0.4, 0.5) is 0 Å². The Bertz CT molecular complexity index is 549. The van der Waals surface area contributed by atoms with Crippen LogP contribution in [0.3, 0.4) is 0 Å². The molecular weight excluding hydrogens is 284 g/mol. The van der Waals surface area contributed by atoms with E-state index in [0.717, 1.165) is 49.2 Å². The molecule has 1 aromatic rings. The quantitative estimate of drug-likeness (QED) is 0.857. The second kappa shape index (κ2) is 5.29. The largest absolute Gasteiger partial charge is 0.340 e. The Kier molecular flexibility index (Phi) is 3.43. The van der Waals surface area contributed by atoms with Crippen LogP contribution in [-0.2, 0) is 4.79 Å². The highest BCUT2D eigenvalue weighted by Gasteiger charge is 2.47. The lowest BCUT2D eigenvalue weighted by Gasteiger charge is -2.35. The molecule has 0 spiro atoms. The van der Waals surface area contributed by atoms with Gasteiger partial charge in [0.1, 0.15) is 0 Å². The van der Waals surface area contributed by atoms with E-state index in [-0.39, 0.29) is 5.92 Å². The molecule has 1 aliphatic heterocycles. The molecule has 0 aromatic heterocycles. The molecule has 1 saturated heterocycles. The molecule has 3 aliphatic rings. The molecule has 1 amide bonds. The number of carbonyl (C=O) groups is 1. The fourth-order valence-corrected chi connectivity index (χ4v) is 3.84. The zero-order valence-corrected chi connectivity index (χ0v) is 12.9. The van der Waals surface area contributed by atoms with Crippen molar-refractivity contribution in [2.45, 2.75) is 31.2 Å². The third kappa shape index (κ3) is 2.69. The molecule has 21 heavy (non-hydrogen) atoms. The first-order valence-electron chi connectivity index (χ1n) is 8.01. The number of piperazine rings is 1. The normalized spacial score (nSPS) is 29.5. The number of halogens is 1. The van der Waals surface area contributed by atoms with Gasteiger partial charge in [0.05, 0.1) is 0 Å². The lowest BCUT2D eigenvalue weighted by molar-refractivity contribution is -0.134. The third-order valence-corrected chi connectivity index (χ3v) is 5.45. The van der Waals surface area contributed by atoms with E-state index in [1.165, 1.54) is 12.8 Å². The molecule has 2 aliphatic carbocycles. The van der Waals surface area contributed by atoms with Crippen LogP contribution in [0.1, 0.15) is 30.7 Å². The SMILES string of the molecule is O=C([C@@H]1C[C@H]1c1ccccc1Cl)N1CCN(C2CC2)CC1. The Labute approximate surface area is 130 Å². The van der Waals surface area contributed by atoms with Crippen LogP contribution < -0.4 is 0 Å². The molecule has 3 fully saturated rings. The van der Waals surface area contributed by atoms with Crippen LogP contribution in [-0.4, -0.2) is 47.9 Å². The minimum Gasteiger partial charge on any atom is -0.340 e. The first-order chi connectivity index (χ1) is 10.2. The highest BCUT2D eigenvalue weighted by Crippen LogP contribution is 2.50. The van der Waals surface area contributed by atoms with Crippen LogP contribution >= 0.6 is 11.6 Å². The van der Waals surface area contributed by atoms with E-state index >= 15 is 0 Å². The smallest absolute Gasteiger partial charge is 0.226 e. The molecule has 1 aromatic carbocycles. The molecule has 0 bridgehead atoms. The standard InChI is InChI=1S/C17H21ClN2O/c18-16-4-2-1-3-13(16)14-11-15(14)17(21)20-9-7-19(8-10-20)12-5-6-12/h1-4,12,14-15H,5-11H2/t14-,15+/m0/s1. The molecule has 0 unspecified atom stereocenters. The molecule has 112 valence electrons. The van der Waals surface area contributed by atoms with Crippen LogP contribution in [0.2, 0.25) is 5.02 Å². The van der Waals surface area contributed by atoms with Crippen molar-refractivity contribution in [1.82, 2.24) is 9.80 Å². The summed E-state index contributed by atoms with van der Waals surface area (Å²) < 4.78 is 0. The van der Waals surface area contributed by atoms with Crippen LogP contribution in [0.5, 0.6) is 0 Å². The Hall–Kier alpha value is -1.06. The van der Waals surface area contributed by atoms with Crippen molar-refractivity contribution < 1.29 is 4.79 Å². The van der Waals surface area contributed by atoms with E-state index in [1.54, 1.807) is 0 Å². The predicted octanol–water partition coefficient (Wildman–Crippen LogP) is 2.75. The Morgan fingerprint density at radius 2 is 1.81 bits per heavy atom. The lowest BCUT2D eigenvalue weighted by atomic mass is 10.1. The molecule has 2 saturated carbocycles. The fraction of sp³-hybridized carbons (Fsp3) is 0.588. The Morgan fingerprint density at radius 1 is 1.10 bits per heavy atom. The summed E-state index contributed by atoms with van der Waals surface area (Å²) in [6, 6.07) is 8.76. The van der Waals surface area contributed by atoms with Crippen LogP contribution in [0.15, 0.2) is 24.3 Å². The van der Waals surface area contributed by atoms with Gasteiger partial charge in [-0.05, 0) is 36.8 Å². The maximum absolute atomic E-state index is 12.6. The van der Waals surface area contributed by atoms with Crippen LogP contribution in [0, 0.1) is 5.92 Å². The van der Waals surface area contributed by atoms with E-state index in [1.807, 2.05) is 18.2 Å². The van der Waals surface area contributed by atoms with Crippen molar-refractivity contribution in [3.63, 3.8) is 0 Å². The van der Waals surface area contributed by atoms with Crippen molar-refractivity contribution >= 4 is 17.5 Å². The number of amides is 1. The molecule has 1 heterocycles. The zero-order chi connectivity index (χ0) is 14.4. The average molecular weight is 305 g/mol. The van der Waals surface area contributed by atoms with Gasteiger partial charge >= 0.3 is 0 Å². The Balaban J connectivity index is 1.35. The Morgan fingerprint density at radius 3 is 2.48 bits per heavy atom. The molecule has 3 nitrogen and oxygen atoms in total. The maximum Gasteiger partial charge on any atom is 0.226 e. The van der Waals surface area contributed by atoms with Gasteiger partial charge in [-0.25, -0.2) is 0 Å². The minimum atomic E-state index is 0.164. The van der Waals surface area contributed by atoms with E-state index in [2.05, 4.69) is 15.9 Å². The summed E-state index contributed by atoms with van der Waals surface area (Å²) in [5.41, 5.74) is 1.15. The van der Waals surface area contributed by atoms with E-state index in [0.29, 0.717) is 11.8 Å². The van der Waals surface area contributed by atoms with E-state index in [4.69, 9.17) is 11.6 Å². The first-order valence-corrected chi connectivity index (χ1v) is 8.39. The van der Waals surface area contributed by atoms with Crippen molar-refractivity contribution in [3.05, 3.63) is 34.9 Å².